The maximum absolute atomic E-state index is 11.8. The van der Waals surface area contributed by atoms with Crippen LogP contribution in [0.15, 0.2) is 9.59 Å². The van der Waals surface area contributed by atoms with Crippen molar-refractivity contribution in [3.63, 3.8) is 0 Å². The summed E-state index contributed by atoms with van der Waals surface area (Å²) in [6.07, 6.45) is 7.10. The smallest absolute Gasteiger partial charge is 0.272 e. The predicted molar refractivity (Wildman–Crippen MR) is 80.9 cm³/mol. The Hall–Kier alpha value is -1.36. The molecule has 1 spiro atoms. The van der Waals surface area contributed by atoms with Gasteiger partial charge in [-0.25, -0.2) is 0 Å². The van der Waals surface area contributed by atoms with Gasteiger partial charge in [-0.05, 0) is 38.5 Å². The number of ether oxygens (including phenoxy) is 2. The highest BCUT2D eigenvalue weighted by Gasteiger charge is 2.47. The van der Waals surface area contributed by atoms with Crippen molar-refractivity contribution in [2.45, 2.75) is 63.5 Å². The van der Waals surface area contributed by atoms with Crippen molar-refractivity contribution in [2.24, 2.45) is 0 Å². The lowest BCUT2D eigenvalue weighted by atomic mass is 9.93. The van der Waals surface area contributed by atoms with E-state index < -0.39 is 10.9 Å². The van der Waals surface area contributed by atoms with Gasteiger partial charge in [0.25, 0.3) is 10.9 Å². The van der Waals surface area contributed by atoms with Gasteiger partial charge in [-0.2, -0.15) is 0 Å². The van der Waals surface area contributed by atoms with Crippen molar-refractivity contribution in [3.8, 4) is 5.75 Å². The van der Waals surface area contributed by atoms with Gasteiger partial charge in [-0.3, -0.25) is 9.59 Å². The van der Waals surface area contributed by atoms with Crippen LogP contribution in [0.5, 0.6) is 5.75 Å². The largest absolute Gasteiger partial charge is 0.487 e. The Morgan fingerprint density at radius 2 is 2.10 bits per heavy atom. The molecule has 2 unspecified atom stereocenters. The quantitative estimate of drug-likeness (QED) is 0.642. The third kappa shape index (κ3) is 2.48. The summed E-state index contributed by atoms with van der Waals surface area (Å²) in [6, 6.07) is 0.122. The molecule has 1 aromatic rings. The molecule has 0 radical (unpaired) electrons. The normalized spacial score (nSPS) is 28.5. The summed E-state index contributed by atoms with van der Waals surface area (Å²) in [5.74, 6) is 0.230. The molecule has 5 nitrogen and oxygen atoms in total. The lowest BCUT2D eigenvalue weighted by Gasteiger charge is -2.32. The van der Waals surface area contributed by atoms with E-state index in [-0.39, 0.29) is 17.4 Å². The van der Waals surface area contributed by atoms with E-state index in [2.05, 4.69) is 12.2 Å². The van der Waals surface area contributed by atoms with Crippen LogP contribution in [0.3, 0.4) is 0 Å². The first-order chi connectivity index (χ1) is 10.2. The van der Waals surface area contributed by atoms with Gasteiger partial charge in [0.15, 0.2) is 5.75 Å². The summed E-state index contributed by atoms with van der Waals surface area (Å²) in [6.45, 7) is 3.34. The molecule has 1 aliphatic heterocycles. The van der Waals surface area contributed by atoms with E-state index in [1.54, 1.807) is 0 Å². The highest BCUT2D eigenvalue weighted by atomic mass is 16.5. The number of unbranched alkanes of at least 4 members (excludes halogenated alkanes) is 1. The highest BCUT2D eigenvalue weighted by molar-refractivity contribution is 5.62. The molecule has 5 heteroatoms. The van der Waals surface area contributed by atoms with Crippen molar-refractivity contribution in [1.29, 1.82) is 0 Å². The lowest BCUT2D eigenvalue weighted by Crippen LogP contribution is -2.46. The molecule has 1 heterocycles. The van der Waals surface area contributed by atoms with Crippen LogP contribution in [0.2, 0.25) is 0 Å². The Kier molecular flexibility index (Phi) is 4.02. The van der Waals surface area contributed by atoms with E-state index in [9.17, 15) is 9.59 Å². The second kappa shape index (κ2) is 5.79. The van der Waals surface area contributed by atoms with Gasteiger partial charge in [0.05, 0.1) is 18.2 Å². The molecule has 2 aliphatic rings. The second-order valence-corrected chi connectivity index (χ2v) is 6.17. The topological polar surface area (TPSA) is 64.6 Å². The van der Waals surface area contributed by atoms with Crippen molar-refractivity contribution in [2.75, 3.05) is 18.5 Å². The Bertz CT molecular complexity index is 562. The zero-order chi connectivity index (χ0) is 14.9. The Balaban J connectivity index is 1.71. The Morgan fingerprint density at radius 3 is 2.81 bits per heavy atom. The van der Waals surface area contributed by atoms with Crippen LogP contribution >= 0.6 is 0 Å². The van der Waals surface area contributed by atoms with Crippen LogP contribution in [0.4, 0.5) is 5.69 Å². The lowest BCUT2D eigenvalue weighted by molar-refractivity contribution is 0.00267. The van der Waals surface area contributed by atoms with Crippen LogP contribution in [0.1, 0.15) is 51.9 Å². The van der Waals surface area contributed by atoms with E-state index in [4.69, 9.17) is 9.47 Å². The molecule has 1 aliphatic carbocycles. The summed E-state index contributed by atoms with van der Waals surface area (Å²) >= 11 is 0. The van der Waals surface area contributed by atoms with Gasteiger partial charge in [0.2, 0.25) is 0 Å². The summed E-state index contributed by atoms with van der Waals surface area (Å²) < 4.78 is 11.4. The molecular weight excluding hydrogens is 270 g/mol. The van der Waals surface area contributed by atoms with Crippen molar-refractivity contribution < 1.29 is 9.47 Å². The van der Waals surface area contributed by atoms with Crippen molar-refractivity contribution in [1.82, 2.24) is 0 Å². The predicted octanol–water partition coefficient (Wildman–Crippen LogP) is 1.98. The van der Waals surface area contributed by atoms with Gasteiger partial charge in [0, 0.05) is 6.61 Å². The maximum atomic E-state index is 11.8. The number of rotatable bonds is 6. The third-order valence-corrected chi connectivity index (χ3v) is 4.79. The molecule has 116 valence electrons. The first-order valence-corrected chi connectivity index (χ1v) is 8.04. The average molecular weight is 293 g/mol. The number of hydrogen-bond acceptors (Lipinski definition) is 5. The van der Waals surface area contributed by atoms with Gasteiger partial charge >= 0.3 is 0 Å². The van der Waals surface area contributed by atoms with Crippen molar-refractivity contribution in [3.05, 3.63) is 20.4 Å². The Morgan fingerprint density at radius 1 is 1.29 bits per heavy atom. The van der Waals surface area contributed by atoms with Crippen LogP contribution < -0.4 is 20.9 Å². The van der Waals surface area contributed by atoms with E-state index in [0.29, 0.717) is 12.3 Å². The highest BCUT2D eigenvalue weighted by Crippen LogP contribution is 2.42. The zero-order valence-electron chi connectivity index (χ0n) is 12.6. The molecule has 21 heavy (non-hydrogen) atoms. The molecule has 0 aromatic heterocycles. The van der Waals surface area contributed by atoms with Crippen LogP contribution in [-0.4, -0.2) is 24.9 Å². The molecule has 2 atom stereocenters. The molecular formula is C16H23NO4. The van der Waals surface area contributed by atoms with E-state index in [1.807, 2.05) is 0 Å². The second-order valence-electron chi connectivity index (χ2n) is 6.17. The molecule has 1 aromatic carbocycles. The molecule has 3 rings (SSSR count). The SMILES string of the molecule is CCCCOc1c(NC2CCCC23CCCO3)c(=O)c1=O. The molecule has 1 N–H and O–H groups in total. The van der Waals surface area contributed by atoms with E-state index in [0.717, 1.165) is 51.6 Å². The van der Waals surface area contributed by atoms with Crippen LogP contribution in [0, 0.1) is 0 Å². The fraction of sp³-hybridized carbons (Fsp3) is 0.750. The molecule has 1 saturated heterocycles. The summed E-state index contributed by atoms with van der Waals surface area (Å²) in [4.78, 5) is 23.5. The third-order valence-electron chi connectivity index (χ3n) is 4.79. The van der Waals surface area contributed by atoms with E-state index in [1.165, 1.54) is 0 Å². The number of hydrogen-bond donors (Lipinski definition) is 1. The standard InChI is InChI=1S/C16H23NO4/c1-2-3-9-20-15-12(13(18)14(15)19)17-11-6-4-7-16(11)8-5-10-21-16/h11,17H,2-10H2,1H3. The maximum Gasteiger partial charge on any atom is 0.272 e. The fourth-order valence-corrected chi connectivity index (χ4v) is 3.57. The minimum absolute atomic E-state index is 0.122. The number of nitrogens with one attached hydrogen (secondary N) is 1. The van der Waals surface area contributed by atoms with Gasteiger partial charge in [-0.1, -0.05) is 13.3 Å². The Labute approximate surface area is 124 Å². The van der Waals surface area contributed by atoms with Gasteiger partial charge < -0.3 is 14.8 Å². The first kappa shape index (κ1) is 14.6. The first-order valence-electron chi connectivity index (χ1n) is 8.04. The zero-order valence-corrected chi connectivity index (χ0v) is 12.6. The minimum atomic E-state index is -0.493. The van der Waals surface area contributed by atoms with Gasteiger partial charge in [-0.15, -0.1) is 0 Å². The van der Waals surface area contributed by atoms with E-state index >= 15 is 0 Å². The molecule has 0 bridgehead atoms. The van der Waals surface area contributed by atoms with Crippen molar-refractivity contribution >= 4 is 5.69 Å². The summed E-state index contributed by atoms with van der Waals surface area (Å²) in [7, 11) is 0. The molecule has 2 fully saturated rings. The van der Waals surface area contributed by atoms with Gasteiger partial charge in [0.1, 0.15) is 5.69 Å². The number of anilines is 1. The molecule has 0 amide bonds. The van der Waals surface area contributed by atoms with Crippen LogP contribution in [0.25, 0.3) is 0 Å². The van der Waals surface area contributed by atoms with Crippen LogP contribution in [-0.2, 0) is 4.74 Å². The average Bonchev–Trinajstić information content (AvgIpc) is 3.12. The monoisotopic (exact) mass is 293 g/mol. The summed E-state index contributed by atoms with van der Waals surface area (Å²) in [5, 5.41) is 3.26. The molecule has 1 saturated carbocycles. The fourth-order valence-electron chi connectivity index (χ4n) is 3.57. The summed E-state index contributed by atoms with van der Waals surface area (Å²) in [5.41, 5.74) is -0.701. The minimum Gasteiger partial charge on any atom is -0.487 e.